The molecule has 29 heavy (non-hydrogen) atoms. The van der Waals surface area contributed by atoms with Crippen LogP contribution < -0.4 is 4.74 Å². The highest BCUT2D eigenvalue weighted by molar-refractivity contribution is 9.10. The monoisotopic (exact) mass is 484 g/mol. The molecule has 0 fully saturated rings. The molecule has 8 nitrogen and oxygen atoms in total. The highest BCUT2D eigenvalue weighted by Gasteiger charge is 2.28. The van der Waals surface area contributed by atoms with Crippen molar-refractivity contribution in [2.45, 2.75) is 31.8 Å². The first-order valence-corrected chi connectivity index (χ1v) is 11.1. The Balaban J connectivity index is 2.35. The molecule has 1 unspecified atom stereocenters. The number of rotatable bonds is 9. The Kier molecular flexibility index (Phi) is 7.50. The summed E-state index contributed by atoms with van der Waals surface area (Å²) in [5.74, 6) is -0.530. The van der Waals surface area contributed by atoms with Crippen molar-refractivity contribution in [2.24, 2.45) is 0 Å². The normalized spacial score (nSPS) is 12.6. The zero-order chi connectivity index (χ0) is 21.8. The number of nitrogens with zero attached hydrogens (tertiary/aromatic N) is 2. The van der Waals surface area contributed by atoms with E-state index >= 15 is 0 Å². The molecule has 0 saturated heterocycles. The number of nitro groups is 1. The lowest BCUT2D eigenvalue weighted by Crippen LogP contribution is -2.30. The number of nitro benzene ring substituents is 1. The van der Waals surface area contributed by atoms with Gasteiger partial charge in [-0.1, -0.05) is 41.9 Å². The van der Waals surface area contributed by atoms with Crippen LogP contribution in [0.3, 0.4) is 0 Å². The molecule has 0 amide bonds. The van der Waals surface area contributed by atoms with Crippen LogP contribution >= 0.6 is 15.9 Å². The lowest BCUT2D eigenvalue weighted by molar-refractivity contribution is -0.386. The molecule has 0 aromatic heterocycles. The van der Waals surface area contributed by atoms with E-state index in [9.17, 15) is 23.3 Å². The molecule has 2 aromatic rings. The summed E-state index contributed by atoms with van der Waals surface area (Å²) in [4.78, 5) is 23.1. The summed E-state index contributed by atoms with van der Waals surface area (Å²) < 4.78 is 32.8. The van der Waals surface area contributed by atoms with Crippen LogP contribution in [0.2, 0.25) is 0 Å². The molecule has 0 spiro atoms. The molecule has 2 rings (SSSR count). The van der Waals surface area contributed by atoms with Gasteiger partial charge in [0.15, 0.2) is 11.9 Å². The highest BCUT2D eigenvalue weighted by Crippen LogP contribution is 2.32. The van der Waals surface area contributed by atoms with Crippen molar-refractivity contribution >= 4 is 37.4 Å². The van der Waals surface area contributed by atoms with E-state index in [4.69, 9.17) is 4.74 Å². The van der Waals surface area contributed by atoms with Gasteiger partial charge in [0.2, 0.25) is 15.8 Å². The summed E-state index contributed by atoms with van der Waals surface area (Å²) in [6, 6.07) is 10.0. The van der Waals surface area contributed by atoms with E-state index in [-0.39, 0.29) is 29.5 Å². The van der Waals surface area contributed by atoms with E-state index in [0.717, 1.165) is 10.5 Å². The third-order valence-electron chi connectivity index (χ3n) is 4.27. The Bertz CT molecular complexity index is 1000. The standard InChI is InChI=1S/C19H21BrN2O6S/c1-4-21(5-2)29(26,27)16-10-11-18(17(12-16)22(24)25)28-13(3)19(23)14-6-8-15(20)9-7-14/h6-13H,4-5H2,1-3H3. The third-order valence-corrected chi connectivity index (χ3v) is 6.85. The van der Waals surface area contributed by atoms with Gasteiger partial charge >= 0.3 is 5.69 Å². The van der Waals surface area contributed by atoms with Crippen molar-refractivity contribution in [1.29, 1.82) is 0 Å². The van der Waals surface area contributed by atoms with E-state index < -0.39 is 26.7 Å². The SMILES string of the molecule is CCN(CC)S(=O)(=O)c1ccc(OC(C)C(=O)c2ccc(Br)cc2)c([N+](=O)[O-])c1. The molecule has 0 aliphatic carbocycles. The number of carbonyl (C=O) groups excluding carboxylic acids is 1. The molecular formula is C19H21BrN2O6S. The first-order chi connectivity index (χ1) is 13.6. The summed E-state index contributed by atoms with van der Waals surface area (Å²) in [5, 5.41) is 11.5. The smallest absolute Gasteiger partial charge is 0.312 e. The zero-order valence-corrected chi connectivity index (χ0v) is 18.6. The van der Waals surface area contributed by atoms with Gasteiger partial charge in [-0.3, -0.25) is 14.9 Å². The fourth-order valence-electron chi connectivity index (χ4n) is 2.71. The van der Waals surface area contributed by atoms with Crippen LogP contribution in [0.25, 0.3) is 0 Å². The van der Waals surface area contributed by atoms with Gasteiger partial charge in [-0.15, -0.1) is 0 Å². The maximum absolute atomic E-state index is 12.6. The number of carbonyl (C=O) groups is 1. The Morgan fingerprint density at radius 2 is 1.76 bits per heavy atom. The number of ether oxygens (including phenoxy) is 1. The van der Waals surface area contributed by atoms with Gasteiger partial charge in [0.05, 0.1) is 9.82 Å². The highest BCUT2D eigenvalue weighted by atomic mass is 79.9. The molecule has 0 saturated carbocycles. The maximum Gasteiger partial charge on any atom is 0.312 e. The van der Waals surface area contributed by atoms with Crippen LogP contribution in [0.15, 0.2) is 51.8 Å². The van der Waals surface area contributed by atoms with E-state index in [0.29, 0.717) is 5.56 Å². The van der Waals surface area contributed by atoms with E-state index in [2.05, 4.69) is 15.9 Å². The Morgan fingerprint density at radius 1 is 1.17 bits per heavy atom. The zero-order valence-electron chi connectivity index (χ0n) is 16.2. The number of benzene rings is 2. The minimum atomic E-state index is -3.86. The van der Waals surface area contributed by atoms with Gasteiger partial charge in [0.1, 0.15) is 0 Å². The van der Waals surface area contributed by atoms with E-state index in [1.807, 2.05) is 0 Å². The Hall–Kier alpha value is -2.30. The summed E-state index contributed by atoms with van der Waals surface area (Å²) in [7, 11) is -3.86. The summed E-state index contributed by atoms with van der Waals surface area (Å²) >= 11 is 3.28. The predicted octanol–water partition coefficient (Wildman–Crippen LogP) is 4.04. The molecule has 0 aliphatic rings. The third kappa shape index (κ3) is 5.20. The van der Waals surface area contributed by atoms with E-state index in [1.165, 1.54) is 23.4 Å². The second-order valence-corrected chi connectivity index (χ2v) is 8.96. The van der Waals surface area contributed by atoms with Crippen LogP contribution in [-0.2, 0) is 10.0 Å². The van der Waals surface area contributed by atoms with Crippen molar-refractivity contribution in [2.75, 3.05) is 13.1 Å². The topological polar surface area (TPSA) is 107 Å². The van der Waals surface area contributed by atoms with Gasteiger partial charge in [-0.2, -0.15) is 4.31 Å². The van der Waals surface area contributed by atoms with Crippen molar-refractivity contribution in [3.05, 3.63) is 62.6 Å². The van der Waals surface area contributed by atoms with Gasteiger partial charge in [0.25, 0.3) is 0 Å². The van der Waals surface area contributed by atoms with Crippen molar-refractivity contribution in [3.8, 4) is 5.75 Å². The number of ketones is 1. The summed E-state index contributed by atoms with van der Waals surface area (Å²) in [6.07, 6.45) is -1.000. The fraction of sp³-hybridized carbons (Fsp3) is 0.316. The lowest BCUT2D eigenvalue weighted by Gasteiger charge is -2.19. The molecule has 1 atom stereocenters. The van der Waals surface area contributed by atoms with Gasteiger partial charge in [-0.05, 0) is 31.2 Å². The fourth-order valence-corrected chi connectivity index (χ4v) is 4.45. The molecule has 0 aliphatic heterocycles. The number of sulfonamides is 1. The molecular weight excluding hydrogens is 464 g/mol. The molecule has 0 N–H and O–H groups in total. The number of Topliss-reactive ketones (excluding diaryl/α,β-unsaturated/α-hetero) is 1. The number of hydrogen-bond acceptors (Lipinski definition) is 6. The first kappa shape index (κ1) is 23.0. The van der Waals surface area contributed by atoms with Crippen LogP contribution in [0, 0.1) is 10.1 Å². The molecule has 0 radical (unpaired) electrons. The van der Waals surface area contributed by atoms with Gasteiger partial charge < -0.3 is 4.74 Å². The molecule has 10 heteroatoms. The molecule has 156 valence electrons. The van der Waals surface area contributed by atoms with Gasteiger partial charge in [-0.25, -0.2) is 8.42 Å². The molecule has 0 bridgehead atoms. The Morgan fingerprint density at radius 3 is 2.28 bits per heavy atom. The van der Waals surface area contributed by atoms with Gasteiger partial charge in [0, 0.05) is 29.2 Å². The van der Waals surface area contributed by atoms with Crippen LogP contribution in [0.1, 0.15) is 31.1 Å². The Labute approximate surface area is 177 Å². The molecule has 0 heterocycles. The number of hydrogen-bond donors (Lipinski definition) is 0. The van der Waals surface area contributed by atoms with Crippen LogP contribution in [-0.4, -0.2) is 42.6 Å². The minimum absolute atomic E-state index is 0.175. The summed E-state index contributed by atoms with van der Waals surface area (Å²) in [6.45, 7) is 5.33. The van der Waals surface area contributed by atoms with Crippen LogP contribution in [0.4, 0.5) is 5.69 Å². The average molecular weight is 485 g/mol. The van der Waals surface area contributed by atoms with Crippen LogP contribution in [0.5, 0.6) is 5.75 Å². The minimum Gasteiger partial charge on any atom is -0.475 e. The average Bonchev–Trinajstić information content (AvgIpc) is 2.68. The van der Waals surface area contributed by atoms with Crippen molar-refractivity contribution in [3.63, 3.8) is 0 Å². The second-order valence-electron chi connectivity index (χ2n) is 6.11. The van der Waals surface area contributed by atoms with E-state index in [1.54, 1.807) is 38.1 Å². The largest absolute Gasteiger partial charge is 0.475 e. The number of halogens is 1. The molecule has 2 aromatic carbocycles. The first-order valence-electron chi connectivity index (χ1n) is 8.86. The second kappa shape index (κ2) is 9.47. The lowest BCUT2D eigenvalue weighted by atomic mass is 10.1. The quantitative estimate of drug-likeness (QED) is 0.302. The summed E-state index contributed by atoms with van der Waals surface area (Å²) in [5.41, 5.74) is -0.127. The van der Waals surface area contributed by atoms with Crippen molar-refractivity contribution < 1.29 is 22.9 Å². The maximum atomic E-state index is 12.6. The predicted molar refractivity (Wildman–Crippen MR) is 112 cm³/mol. The van der Waals surface area contributed by atoms with Crippen molar-refractivity contribution in [1.82, 2.24) is 4.31 Å².